The smallest absolute Gasteiger partial charge is 0.331 e. The molecule has 0 amide bonds. The number of ether oxygens (including phenoxy) is 2. The molecule has 6 nitrogen and oxygen atoms in total. The second-order valence-electron chi connectivity index (χ2n) is 11.3. The highest BCUT2D eigenvalue weighted by atomic mass is 16.5. The number of rotatable bonds is 2. The Balaban J connectivity index is 1.43. The number of carbonyl (C=O) groups is 3. The van der Waals surface area contributed by atoms with Gasteiger partial charge in [0.1, 0.15) is 18.5 Å². The molecule has 0 radical (unpaired) electrons. The molecule has 170 valence electrons. The summed E-state index contributed by atoms with van der Waals surface area (Å²) in [5.74, 6) is -0.0142. The third kappa shape index (κ3) is 2.89. The third-order valence-corrected chi connectivity index (χ3v) is 10.0. The number of Topliss-reactive ketones (excluding diaryl/α,β-unsaturated/α-hetero) is 1. The number of carbonyl (C=O) groups excluding carboxylic acids is 3. The zero-order valence-electron chi connectivity index (χ0n) is 18.8. The van der Waals surface area contributed by atoms with Gasteiger partial charge in [0.15, 0.2) is 0 Å². The molecule has 6 heteroatoms. The van der Waals surface area contributed by atoms with Crippen LogP contribution < -0.4 is 0 Å². The van der Waals surface area contributed by atoms with Crippen LogP contribution in [0, 0.1) is 34.5 Å². The Labute approximate surface area is 183 Å². The van der Waals surface area contributed by atoms with Crippen molar-refractivity contribution in [1.29, 1.82) is 0 Å². The molecule has 4 fully saturated rings. The molecule has 31 heavy (non-hydrogen) atoms. The number of hydrogen-bond donors (Lipinski definition) is 1. The van der Waals surface area contributed by atoms with Crippen LogP contribution in [-0.4, -0.2) is 41.1 Å². The van der Waals surface area contributed by atoms with Gasteiger partial charge in [0.2, 0.25) is 0 Å². The minimum Gasteiger partial charge on any atom is -0.463 e. The van der Waals surface area contributed by atoms with Gasteiger partial charge in [0.05, 0.1) is 11.5 Å². The normalized spacial score (nSPS) is 48.9. The fraction of sp³-hybridized carbons (Fsp3) is 0.800. The lowest BCUT2D eigenvalue weighted by Crippen LogP contribution is -2.62. The van der Waals surface area contributed by atoms with E-state index < -0.39 is 16.9 Å². The van der Waals surface area contributed by atoms with Crippen LogP contribution in [0.15, 0.2) is 11.6 Å². The van der Waals surface area contributed by atoms with Gasteiger partial charge in [-0.25, -0.2) is 4.79 Å². The molecule has 0 spiro atoms. The molecule has 0 bridgehead atoms. The van der Waals surface area contributed by atoms with Crippen LogP contribution in [0.3, 0.4) is 0 Å². The van der Waals surface area contributed by atoms with Crippen LogP contribution in [0.5, 0.6) is 0 Å². The summed E-state index contributed by atoms with van der Waals surface area (Å²) in [5.41, 5.74) is -0.744. The van der Waals surface area contributed by atoms with Gasteiger partial charge in [-0.15, -0.1) is 0 Å². The molecule has 4 aliphatic carbocycles. The van der Waals surface area contributed by atoms with Crippen LogP contribution in [0.2, 0.25) is 0 Å². The van der Waals surface area contributed by atoms with E-state index in [2.05, 4.69) is 13.8 Å². The van der Waals surface area contributed by atoms with Gasteiger partial charge in [0, 0.05) is 24.8 Å². The van der Waals surface area contributed by atoms with E-state index >= 15 is 0 Å². The number of esters is 2. The molecular formula is C25H34O6. The standard InChI is InChI=1S/C25H34O6/c1-14(26)31-17-6-8-23(2)16(11-17)4-5-19-18(23)7-9-24(3)22(15-10-21(28)30-13-15)20(27)12-25(19,24)29/h10,16-19,22,29H,4-9,11-13H2,1-3H3/t16?,17?,18?,19?,22-,23?,24?,25?/m1/s1. The number of cyclic esters (lactones) is 1. The van der Waals surface area contributed by atoms with E-state index in [0.29, 0.717) is 11.8 Å². The van der Waals surface area contributed by atoms with Crippen LogP contribution >= 0.6 is 0 Å². The van der Waals surface area contributed by atoms with Crippen molar-refractivity contribution in [1.82, 2.24) is 0 Å². The second kappa shape index (κ2) is 6.90. The SMILES string of the molecule is CC(=O)OC1CCC2(C)C(CCC3C2CCC2(C)[C@H](C4=CC(=O)OC4)C(=O)CC32O)C1. The molecule has 0 aromatic rings. The minimum atomic E-state index is -1.04. The predicted molar refractivity (Wildman–Crippen MR) is 112 cm³/mol. The van der Waals surface area contributed by atoms with Crippen molar-refractivity contribution in [3.63, 3.8) is 0 Å². The quantitative estimate of drug-likeness (QED) is 0.676. The molecule has 0 saturated heterocycles. The van der Waals surface area contributed by atoms with E-state index in [0.717, 1.165) is 50.5 Å². The van der Waals surface area contributed by atoms with E-state index in [1.807, 2.05) is 0 Å². The first-order valence-corrected chi connectivity index (χ1v) is 11.9. The molecule has 8 atom stereocenters. The molecule has 5 aliphatic rings. The third-order valence-electron chi connectivity index (χ3n) is 10.0. The molecule has 5 rings (SSSR count). The van der Waals surface area contributed by atoms with Crippen LogP contribution in [0.25, 0.3) is 0 Å². The van der Waals surface area contributed by atoms with Crippen molar-refractivity contribution >= 4 is 17.7 Å². The summed E-state index contributed by atoms with van der Waals surface area (Å²) >= 11 is 0. The topological polar surface area (TPSA) is 89.9 Å². The largest absolute Gasteiger partial charge is 0.463 e. The zero-order chi connectivity index (χ0) is 22.2. The van der Waals surface area contributed by atoms with Crippen molar-refractivity contribution in [2.45, 2.75) is 83.8 Å². The van der Waals surface area contributed by atoms with Gasteiger partial charge in [-0.05, 0) is 73.7 Å². The molecule has 0 aromatic heterocycles. The Morgan fingerprint density at radius 3 is 2.58 bits per heavy atom. The lowest BCUT2D eigenvalue weighted by Gasteiger charge is -2.63. The highest BCUT2D eigenvalue weighted by molar-refractivity contribution is 5.93. The maximum absolute atomic E-state index is 13.2. The summed E-state index contributed by atoms with van der Waals surface area (Å²) in [6, 6.07) is 0. The van der Waals surface area contributed by atoms with Crippen molar-refractivity contribution < 1.29 is 29.0 Å². The van der Waals surface area contributed by atoms with E-state index in [1.165, 1.54) is 13.0 Å². The lowest BCUT2D eigenvalue weighted by molar-refractivity contribution is -0.209. The van der Waals surface area contributed by atoms with Gasteiger partial charge < -0.3 is 14.6 Å². The van der Waals surface area contributed by atoms with Crippen molar-refractivity contribution in [3.05, 3.63) is 11.6 Å². The van der Waals surface area contributed by atoms with E-state index in [9.17, 15) is 19.5 Å². The summed E-state index contributed by atoms with van der Waals surface area (Å²) in [6.45, 7) is 6.08. The van der Waals surface area contributed by atoms with E-state index in [1.54, 1.807) is 0 Å². The molecule has 1 heterocycles. The lowest BCUT2D eigenvalue weighted by atomic mass is 9.43. The molecule has 1 N–H and O–H groups in total. The highest BCUT2D eigenvalue weighted by Crippen LogP contribution is 2.69. The predicted octanol–water partition coefficient (Wildman–Crippen LogP) is 3.35. The fourth-order valence-corrected chi connectivity index (χ4v) is 8.52. The summed E-state index contributed by atoms with van der Waals surface area (Å²) in [7, 11) is 0. The van der Waals surface area contributed by atoms with Gasteiger partial charge >= 0.3 is 11.9 Å². The second-order valence-corrected chi connectivity index (χ2v) is 11.3. The molecule has 4 saturated carbocycles. The molecule has 1 aliphatic heterocycles. The first-order valence-electron chi connectivity index (χ1n) is 11.9. The maximum Gasteiger partial charge on any atom is 0.331 e. The Hall–Kier alpha value is -1.69. The van der Waals surface area contributed by atoms with Gasteiger partial charge in [-0.2, -0.15) is 0 Å². The first-order chi connectivity index (χ1) is 14.6. The molecule has 7 unspecified atom stereocenters. The van der Waals surface area contributed by atoms with Crippen LogP contribution in [0.4, 0.5) is 0 Å². The van der Waals surface area contributed by atoms with Crippen molar-refractivity contribution in [3.8, 4) is 0 Å². The Morgan fingerprint density at radius 2 is 1.90 bits per heavy atom. The summed E-state index contributed by atoms with van der Waals surface area (Å²) in [4.78, 5) is 36.3. The fourth-order valence-electron chi connectivity index (χ4n) is 8.52. The van der Waals surface area contributed by atoms with Gasteiger partial charge in [-0.3, -0.25) is 9.59 Å². The molecule has 0 aromatic carbocycles. The van der Waals surface area contributed by atoms with Crippen LogP contribution in [0.1, 0.15) is 72.1 Å². The first kappa shape index (κ1) is 21.2. The Bertz CT molecular complexity index is 862. The monoisotopic (exact) mass is 430 g/mol. The molecular weight excluding hydrogens is 396 g/mol. The number of hydrogen-bond acceptors (Lipinski definition) is 6. The average molecular weight is 431 g/mol. The minimum absolute atomic E-state index is 0.00773. The van der Waals surface area contributed by atoms with Crippen molar-refractivity contribution in [2.75, 3.05) is 6.61 Å². The van der Waals surface area contributed by atoms with E-state index in [4.69, 9.17) is 9.47 Å². The number of ketones is 1. The maximum atomic E-state index is 13.2. The van der Waals surface area contributed by atoms with Gasteiger partial charge in [-0.1, -0.05) is 13.8 Å². The highest BCUT2D eigenvalue weighted by Gasteiger charge is 2.70. The number of fused-ring (bicyclic) bond motifs is 5. The summed E-state index contributed by atoms with van der Waals surface area (Å²) in [5, 5.41) is 12.2. The Morgan fingerprint density at radius 1 is 1.13 bits per heavy atom. The summed E-state index contributed by atoms with van der Waals surface area (Å²) in [6.07, 6.45) is 8.10. The van der Waals surface area contributed by atoms with Gasteiger partial charge in [0.25, 0.3) is 0 Å². The summed E-state index contributed by atoms with van der Waals surface area (Å²) < 4.78 is 10.7. The van der Waals surface area contributed by atoms with Crippen LogP contribution in [-0.2, 0) is 23.9 Å². The zero-order valence-corrected chi connectivity index (χ0v) is 18.8. The Kier molecular flexibility index (Phi) is 4.71. The van der Waals surface area contributed by atoms with Crippen molar-refractivity contribution in [2.24, 2.45) is 34.5 Å². The number of aliphatic hydroxyl groups is 1. The van der Waals surface area contributed by atoms with E-state index in [-0.39, 0.29) is 48.2 Å². The average Bonchev–Trinajstić information content (AvgIpc) is 3.18.